The molecule has 36 heavy (non-hydrogen) atoms. The molecule has 5 N–H and O–H groups in total. The van der Waals surface area contributed by atoms with Crippen molar-refractivity contribution in [2.45, 2.75) is 38.8 Å². The number of carbonyl (C=O) groups excluding carboxylic acids is 2. The van der Waals surface area contributed by atoms with Crippen LogP contribution >= 0.6 is 0 Å². The summed E-state index contributed by atoms with van der Waals surface area (Å²) >= 11 is 0. The number of rotatable bonds is 10. The highest BCUT2D eigenvalue weighted by molar-refractivity contribution is 5.99. The van der Waals surface area contributed by atoms with Crippen molar-refractivity contribution in [3.63, 3.8) is 0 Å². The topological polar surface area (TPSA) is 127 Å². The molecule has 0 bridgehead atoms. The van der Waals surface area contributed by atoms with Crippen molar-refractivity contribution >= 4 is 17.6 Å². The SMILES string of the molecule is C[C@H](CNC(=O)c1cc(F)c(-c2cnn(C)c2)nc1NCCc1cccc(F)c1)NC(=O)C(C)(C)N. The van der Waals surface area contributed by atoms with Gasteiger partial charge >= 0.3 is 0 Å². The molecule has 0 aliphatic rings. The first-order valence-electron chi connectivity index (χ1n) is 11.5. The monoisotopic (exact) mass is 499 g/mol. The maximum absolute atomic E-state index is 15.0. The van der Waals surface area contributed by atoms with Crippen molar-refractivity contribution in [2.24, 2.45) is 12.8 Å². The van der Waals surface area contributed by atoms with Gasteiger partial charge in [0.1, 0.15) is 17.3 Å². The lowest BCUT2D eigenvalue weighted by Gasteiger charge is -2.22. The molecule has 192 valence electrons. The van der Waals surface area contributed by atoms with Gasteiger partial charge < -0.3 is 21.7 Å². The average molecular weight is 500 g/mol. The predicted molar refractivity (Wildman–Crippen MR) is 133 cm³/mol. The third-order valence-electron chi connectivity index (χ3n) is 5.33. The maximum atomic E-state index is 15.0. The van der Waals surface area contributed by atoms with Gasteiger partial charge in [-0.2, -0.15) is 5.10 Å². The van der Waals surface area contributed by atoms with E-state index in [-0.39, 0.29) is 35.3 Å². The van der Waals surface area contributed by atoms with Crippen LogP contribution in [0, 0.1) is 11.6 Å². The van der Waals surface area contributed by atoms with E-state index in [0.717, 1.165) is 11.6 Å². The van der Waals surface area contributed by atoms with Gasteiger partial charge in [0.25, 0.3) is 5.91 Å². The van der Waals surface area contributed by atoms with E-state index in [4.69, 9.17) is 5.73 Å². The molecule has 0 radical (unpaired) electrons. The smallest absolute Gasteiger partial charge is 0.255 e. The van der Waals surface area contributed by atoms with Crippen LogP contribution in [-0.4, -0.2) is 51.2 Å². The number of nitrogens with zero attached hydrogens (tertiary/aromatic N) is 3. The predicted octanol–water partition coefficient (Wildman–Crippen LogP) is 2.39. The second-order valence-corrected chi connectivity index (χ2v) is 9.23. The maximum Gasteiger partial charge on any atom is 0.255 e. The van der Waals surface area contributed by atoms with E-state index in [1.165, 1.54) is 23.0 Å². The summed E-state index contributed by atoms with van der Waals surface area (Å²) in [4.78, 5) is 29.4. The minimum atomic E-state index is -1.06. The van der Waals surface area contributed by atoms with E-state index >= 15 is 0 Å². The van der Waals surface area contributed by atoms with Crippen molar-refractivity contribution in [3.05, 3.63) is 65.5 Å². The van der Waals surface area contributed by atoms with Crippen molar-refractivity contribution in [2.75, 3.05) is 18.4 Å². The molecule has 3 aromatic rings. The second kappa shape index (κ2) is 11.3. The molecular weight excluding hydrogens is 468 g/mol. The van der Waals surface area contributed by atoms with Crippen molar-refractivity contribution in [1.82, 2.24) is 25.4 Å². The van der Waals surface area contributed by atoms with Gasteiger partial charge in [0, 0.05) is 37.9 Å². The van der Waals surface area contributed by atoms with Gasteiger partial charge in [0.05, 0.1) is 17.3 Å². The van der Waals surface area contributed by atoms with Crippen LogP contribution in [0.5, 0.6) is 0 Å². The summed E-state index contributed by atoms with van der Waals surface area (Å²) in [5, 5.41) is 12.5. The van der Waals surface area contributed by atoms with Gasteiger partial charge in [-0.25, -0.2) is 13.8 Å². The second-order valence-electron chi connectivity index (χ2n) is 9.23. The molecule has 0 spiro atoms. The number of aryl methyl sites for hydroxylation is 1. The molecule has 1 aromatic carbocycles. The van der Waals surface area contributed by atoms with Crippen LogP contribution in [0.4, 0.5) is 14.6 Å². The van der Waals surface area contributed by atoms with Crippen LogP contribution in [0.15, 0.2) is 42.7 Å². The van der Waals surface area contributed by atoms with Crippen LogP contribution in [0.25, 0.3) is 11.3 Å². The Morgan fingerprint density at radius 2 is 1.97 bits per heavy atom. The van der Waals surface area contributed by atoms with Gasteiger partial charge in [0.2, 0.25) is 5.91 Å². The van der Waals surface area contributed by atoms with E-state index < -0.39 is 23.3 Å². The number of nitrogens with one attached hydrogen (secondary N) is 3. The zero-order valence-electron chi connectivity index (χ0n) is 20.7. The number of anilines is 1. The Morgan fingerprint density at radius 1 is 1.22 bits per heavy atom. The number of hydrogen-bond donors (Lipinski definition) is 4. The summed E-state index contributed by atoms with van der Waals surface area (Å²) < 4.78 is 30.0. The van der Waals surface area contributed by atoms with Crippen molar-refractivity contribution in [3.8, 4) is 11.3 Å². The first-order valence-corrected chi connectivity index (χ1v) is 11.5. The molecule has 0 unspecified atom stereocenters. The van der Waals surface area contributed by atoms with Crippen LogP contribution < -0.4 is 21.7 Å². The lowest BCUT2D eigenvalue weighted by molar-refractivity contribution is -0.125. The fraction of sp³-hybridized carbons (Fsp3) is 0.360. The molecule has 9 nitrogen and oxygen atoms in total. The Morgan fingerprint density at radius 3 is 2.61 bits per heavy atom. The number of aromatic nitrogens is 3. The zero-order chi connectivity index (χ0) is 26.5. The Bertz CT molecular complexity index is 1240. The number of amides is 2. The highest BCUT2D eigenvalue weighted by atomic mass is 19.1. The third-order valence-corrected chi connectivity index (χ3v) is 5.33. The van der Waals surface area contributed by atoms with Gasteiger partial charge in [-0.05, 0) is 51.0 Å². The fourth-order valence-corrected chi connectivity index (χ4v) is 3.36. The Labute approximate surface area is 208 Å². The van der Waals surface area contributed by atoms with E-state index in [0.29, 0.717) is 18.5 Å². The highest BCUT2D eigenvalue weighted by Crippen LogP contribution is 2.25. The Hall–Kier alpha value is -3.86. The van der Waals surface area contributed by atoms with Crippen molar-refractivity contribution in [1.29, 1.82) is 0 Å². The number of halogens is 2. The third kappa shape index (κ3) is 7.08. The summed E-state index contributed by atoms with van der Waals surface area (Å²) in [7, 11) is 1.70. The number of nitrogens with two attached hydrogens (primary N) is 1. The molecule has 0 aliphatic carbocycles. The normalized spacial score (nSPS) is 12.2. The minimum absolute atomic E-state index is 0.00272. The Kier molecular flexibility index (Phi) is 8.36. The first-order chi connectivity index (χ1) is 16.9. The number of pyridine rings is 1. The number of carbonyl (C=O) groups is 2. The molecule has 0 fully saturated rings. The Balaban J connectivity index is 1.78. The van der Waals surface area contributed by atoms with Crippen LogP contribution in [0.1, 0.15) is 36.7 Å². The van der Waals surface area contributed by atoms with Crippen LogP contribution in [0.2, 0.25) is 0 Å². The van der Waals surface area contributed by atoms with Gasteiger partial charge in [-0.1, -0.05) is 12.1 Å². The fourth-order valence-electron chi connectivity index (χ4n) is 3.36. The molecule has 2 amide bonds. The zero-order valence-corrected chi connectivity index (χ0v) is 20.7. The van der Waals surface area contributed by atoms with Gasteiger partial charge in [0.15, 0.2) is 5.82 Å². The number of benzene rings is 1. The van der Waals surface area contributed by atoms with E-state index in [2.05, 4.69) is 26.0 Å². The van der Waals surface area contributed by atoms with Crippen LogP contribution in [0.3, 0.4) is 0 Å². The molecule has 0 saturated carbocycles. The quantitative estimate of drug-likeness (QED) is 0.339. The summed E-state index contributed by atoms with van der Waals surface area (Å²) in [6.07, 6.45) is 3.55. The van der Waals surface area contributed by atoms with Gasteiger partial charge in [-0.15, -0.1) is 0 Å². The highest BCUT2D eigenvalue weighted by Gasteiger charge is 2.24. The lowest BCUT2D eigenvalue weighted by Crippen LogP contribution is -2.53. The van der Waals surface area contributed by atoms with Crippen molar-refractivity contribution < 1.29 is 18.4 Å². The largest absolute Gasteiger partial charge is 0.369 e. The first kappa shape index (κ1) is 26.7. The summed E-state index contributed by atoms with van der Waals surface area (Å²) in [6, 6.07) is 6.88. The summed E-state index contributed by atoms with van der Waals surface area (Å²) in [5.41, 5.74) is 5.98. The molecule has 2 heterocycles. The molecule has 0 saturated heterocycles. The standard InChI is InChI=1S/C25H31F2N7O2/c1-15(32-24(36)25(2,3)28)12-30-23(35)19-11-20(27)21(17-13-31-34(4)14-17)33-22(19)29-9-8-16-6-5-7-18(26)10-16/h5-7,10-11,13-15H,8-9,12,28H2,1-4H3,(H,29,33)(H,30,35)(H,32,36)/t15-/m1/s1. The summed E-state index contributed by atoms with van der Waals surface area (Å²) in [6.45, 7) is 5.29. The average Bonchev–Trinajstić information content (AvgIpc) is 3.23. The molecule has 2 aromatic heterocycles. The van der Waals surface area contributed by atoms with Crippen LogP contribution in [-0.2, 0) is 18.3 Å². The molecule has 3 rings (SSSR count). The number of hydrogen-bond acceptors (Lipinski definition) is 6. The van der Waals surface area contributed by atoms with Gasteiger partial charge in [-0.3, -0.25) is 14.3 Å². The molecule has 11 heteroatoms. The molecular formula is C25H31F2N7O2. The molecule has 0 aliphatic heterocycles. The lowest BCUT2D eigenvalue weighted by atomic mass is 10.1. The van der Waals surface area contributed by atoms with E-state index in [9.17, 15) is 18.4 Å². The minimum Gasteiger partial charge on any atom is -0.369 e. The summed E-state index contributed by atoms with van der Waals surface area (Å²) in [5.74, 6) is -1.79. The van der Waals surface area contributed by atoms with E-state index in [1.54, 1.807) is 46.1 Å². The van der Waals surface area contributed by atoms with E-state index in [1.807, 2.05) is 0 Å². The molecule has 1 atom stereocenters.